The van der Waals surface area contributed by atoms with Gasteiger partial charge in [-0.2, -0.15) is 13.2 Å². The van der Waals surface area contributed by atoms with Crippen molar-refractivity contribution in [1.82, 2.24) is 5.32 Å². The fourth-order valence-corrected chi connectivity index (χ4v) is 3.48. The van der Waals surface area contributed by atoms with Crippen molar-refractivity contribution in [2.45, 2.75) is 19.1 Å². The number of carbonyl (C=O) groups is 1. The summed E-state index contributed by atoms with van der Waals surface area (Å²) in [6.45, 7) is 1.05. The molecule has 1 atom stereocenters. The Morgan fingerprint density at radius 1 is 1.17 bits per heavy atom. The van der Waals surface area contributed by atoms with E-state index in [0.29, 0.717) is 16.1 Å². The molecule has 10 heteroatoms. The highest BCUT2D eigenvalue weighted by Crippen LogP contribution is 2.32. The van der Waals surface area contributed by atoms with Crippen LogP contribution in [0.25, 0.3) is 0 Å². The van der Waals surface area contributed by atoms with Gasteiger partial charge in [-0.1, -0.05) is 18.2 Å². The summed E-state index contributed by atoms with van der Waals surface area (Å²) in [4.78, 5) is 12.4. The van der Waals surface area contributed by atoms with Crippen molar-refractivity contribution in [2.24, 2.45) is 0 Å². The first-order chi connectivity index (χ1) is 13.4. The third-order valence-electron chi connectivity index (χ3n) is 4.14. The predicted octanol–water partition coefficient (Wildman–Crippen LogP) is 3.36. The molecule has 0 aliphatic carbocycles. The molecule has 0 unspecified atom stereocenters. The van der Waals surface area contributed by atoms with Crippen LogP contribution < -0.4 is 14.4 Å². The summed E-state index contributed by atoms with van der Waals surface area (Å²) in [5, 5.41) is 2.64. The molecule has 0 saturated heterocycles. The van der Waals surface area contributed by atoms with E-state index in [4.69, 9.17) is 4.74 Å². The number of nitrogens with one attached hydrogen (secondary N) is 1. The average Bonchev–Trinajstić information content (AvgIpc) is 2.64. The molecule has 0 aromatic heterocycles. The molecule has 158 valence electrons. The van der Waals surface area contributed by atoms with Crippen LogP contribution in [0.1, 0.15) is 24.1 Å². The van der Waals surface area contributed by atoms with Crippen LogP contribution in [0.3, 0.4) is 0 Å². The van der Waals surface area contributed by atoms with E-state index in [0.717, 1.165) is 24.0 Å². The van der Waals surface area contributed by atoms with Gasteiger partial charge in [0.05, 0.1) is 30.7 Å². The number of benzene rings is 2. The van der Waals surface area contributed by atoms with Crippen LogP contribution in [0.15, 0.2) is 48.5 Å². The Hall–Kier alpha value is -2.75. The van der Waals surface area contributed by atoms with Crippen molar-refractivity contribution in [1.29, 1.82) is 0 Å². The molecule has 6 nitrogen and oxygen atoms in total. The lowest BCUT2D eigenvalue weighted by molar-refractivity contribution is -0.137. The number of nitrogens with zero attached hydrogens (tertiary/aromatic N) is 1. The molecule has 0 heterocycles. The molecule has 2 rings (SSSR count). The molecule has 0 aliphatic heterocycles. The van der Waals surface area contributed by atoms with Gasteiger partial charge in [0.25, 0.3) is 0 Å². The second-order valence-electron chi connectivity index (χ2n) is 6.38. The number of rotatable bonds is 7. The number of hydrogen-bond donors (Lipinski definition) is 1. The van der Waals surface area contributed by atoms with E-state index in [9.17, 15) is 26.4 Å². The summed E-state index contributed by atoms with van der Waals surface area (Å²) < 4.78 is 68.8. The summed E-state index contributed by atoms with van der Waals surface area (Å²) in [6.07, 6.45) is -3.81. The number of sulfonamides is 1. The fraction of sp³-hybridized carbons (Fsp3) is 0.316. The molecule has 0 fully saturated rings. The largest absolute Gasteiger partial charge is 0.497 e. The van der Waals surface area contributed by atoms with Crippen molar-refractivity contribution in [2.75, 3.05) is 24.2 Å². The van der Waals surface area contributed by atoms with Crippen LogP contribution in [0.5, 0.6) is 5.75 Å². The molecule has 1 N–H and O–H groups in total. The SMILES string of the molecule is COc1ccc([C@H](C)NC(=O)CN(c2cccc(C(F)(F)F)c2)S(C)(=O)=O)cc1. The van der Waals surface area contributed by atoms with Crippen LogP contribution in [-0.4, -0.2) is 34.2 Å². The number of anilines is 1. The lowest BCUT2D eigenvalue weighted by Gasteiger charge is -2.24. The molecule has 29 heavy (non-hydrogen) atoms. The summed E-state index contributed by atoms with van der Waals surface area (Å²) in [6, 6.07) is 10.3. The first-order valence-electron chi connectivity index (χ1n) is 8.50. The second kappa shape index (κ2) is 8.73. The molecule has 2 aromatic rings. The number of amides is 1. The third kappa shape index (κ3) is 6.11. The molecule has 0 saturated carbocycles. The van der Waals surface area contributed by atoms with Crippen molar-refractivity contribution in [3.8, 4) is 5.75 Å². The Kier molecular flexibility index (Phi) is 6.78. The topological polar surface area (TPSA) is 75.7 Å². The molecule has 0 aliphatic rings. The standard InChI is InChI=1S/C19H21F3N2O4S/c1-13(14-7-9-17(28-2)10-8-14)23-18(25)12-24(29(3,26)27)16-6-4-5-15(11-16)19(20,21)22/h4-11,13H,12H2,1-3H3,(H,23,25)/t13-/m0/s1. The monoisotopic (exact) mass is 430 g/mol. The highest BCUT2D eigenvalue weighted by molar-refractivity contribution is 7.92. The molecule has 2 aromatic carbocycles. The fourth-order valence-electron chi connectivity index (χ4n) is 2.63. The van der Waals surface area contributed by atoms with Gasteiger partial charge in [-0.15, -0.1) is 0 Å². The van der Waals surface area contributed by atoms with Crippen LogP contribution in [0, 0.1) is 0 Å². The highest BCUT2D eigenvalue weighted by Gasteiger charge is 2.32. The Labute approximate surface area is 167 Å². The highest BCUT2D eigenvalue weighted by atomic mass is 32.2. The van der Waals surface area contributed by atoms with Gasteiger partial charge in [0.1, 0.15) is 12.3 Å². The summed E-state index contributed by atoms with van der Waals surface area (Å²) in [5.41, 5.74) is -0.491. The maximum absolute atomic E-state index is 12.9. The second-order valence-corrected chi connectivity index (χ2v) is 8.29. The minimum absolute atomic E-state index is 0.241. The van der Waals surface area contributed by atoms with E-state index in [1.165, 1.54) is 13.2 Å². The molecule has 0 radical (unpaired) electrons. The summed E-state index contributed by atoms with van der Waals surface area (Å²) in [5.74, 6) is -0.0174. The quantitative estimate of drug-likeness (QED) is 0.731. The first-order valence-corrected chi connectivity index (χ1v) is 10.3. The smallest absolute Gasteiger partial charge is 0.416 e. The van der Waals surface area contributed by atoms with E-state index in [2.05, 4.69) is 5.32 Å². The van der Waals surface area contributed by atoms with Gasteiger partial charge in [0, 0.05) is 0 Å². The van der Waals surface area contributed by atoms with Gasteiger partial charge >= 0.3 is 6.18 Å². The van der Waals surface area contributed by atoms with Gasteiger partial charge in [-0.05, 0) is 42.8 Å². The lowest BCUT2D eigenvalue weighted by Crippen LogP contribution is -2.41. The summed E-state index contributed by atoms with van der Waals surface area (Å²) in [7, 11) is -2.47. The molecular weight excluding hydrogens is 409 g/mol. The van der Waals surface area contributed by atoms with E-state index < -0.39 is 40.3 Å². The van der Waals surface area contributed by atoms with Crippen molar-refractivity contribution >= 4 is 21.6 Å². The predicted molar refractivity (Wildman–Crippen MR) is 103 cm³/mol. The van der Waals surface area contributed by atoms with E-state index in [-0.39, 0.29) is 5.69 Å². The van der Waals surface area contributed by atoms with Crippen molar-refractivity contribution in [3.63, 3.8) is 0 Å². The maximum atomic E-state index is 12.9. The number of carbonyl (C=O) groups excluding carboxylic acids is 1. The average molecular weight is 430 g/mol. The maximum Gasteiger partial charge on any atom is 0.416 e. The normalized spacial score (nSPS) is 12.9. The Morgan fingerprint density at radius 2 is 1.79 bits per heavy atom. The van der Waals surface area contributed by atoms with Crippen molar-refractivity contribution < 1.29 is 31.1 Å². The number of halogens is 3. The third-order valence-corrected chi connectivity index (χ3v) is 5.28. The minimum atomic E-state index is -4.63. The van der Waals surface area contributed by atoms with Gasteiger partial charge in [-0.3, -0.25) is 9.10 Å². The van der Waals surface area contributed by atoms with Gasteiger partial charge in [0.2, 0.25) is 15.9 Å². The Bertz CT molecular complexity index is 960. The number of ether oxygens (including phenoxy) is 1. The molecule has 0 spiro atoms. The van der Waals surface area contributed by atoms with E-state index >= 15 is 0 Å². The number of alkyl halides is 3. The van der Waals surface area contributed by atoms with Crippen LogP contribution in [-0.2, 0) is 21.0 Å². The minimum Gasteiger partial charge on any atom is -0.497 e. The van der Waals surface area contributed by atoms with Crippen molar-refractivity contribution in [3.05, 3.63) is 59.7 Å². The number of methoxy groups -OCH3 is 1. The summed E-state index contributed by atoms with van der Waals surface area (Å²) >= 11 is 0. The van der Waals surface area contributed by atoms with E-state index in [1.54, 1.807) is 31.2 Å². The zero-order valence-electron chi connectivity index (χ0n) is 16.0. The zero-order chi connectivity index (χ0) is 21.8. The molecular formula is C19H21F3N2O4S. The van der Waals surface area contributed by atoms with Crippen LogP contribution >= 0.6 is 0 Å². The number of hydrogen-bond acceptors (Lipinski definition) is 4. The Balaban J connectivity index is 2.19. The van der Waals surface area contributed by atoms with Gasteiger partial charge < -0.3 is 10.1 Å². The van der Waals surface area contributed by atoms with Gasteiger partial charge in [0.15, 0.2) is 0 Å². The first kappa shape index (κ1) is 22.5. The molecule has 1 amide bonds. The lowest BCUT2D eigenvalue weighted by atomic mass is 10.1. The van der Waals surface area contributed by atoms with Gasteiger partial charge in [-0.25, -0.2) is 8.42 Å². The zero-order valence-corrected chi connectivity index (χ0v) is 16.8. The molecule has 0 bridgehead atoms. The van der Waals surface area contributed by atoms with Crippen LogP contribution in [0.2, 0.25) is 0 Å². The van der Waals surface area contributed by atoms with Crippen LogP contribution in [0.4, 0.5) is 18.9 Å². The van der Waals surface area contributed by atoms with E-state index in [1.807, 2.05) is 0 Å². The Morgan fingerprint density at radius 3 is 2.31 bits per heavy atom.